The first-order chi connectivity index (χ1) is 14.0. The van der Waals surface area contributed by atoms with Gasteiger partial charge in [-0.05, 0) is 50.2 Å². The van der Waals surface area contributed by atoms with Crippen LogP contribution >= 0.6 is 23.7 Å². The topological polar surface area (TPSA) is 78.6 Å². The molecule has 0 radical (unpaired) electrons. The first-order valence-corrected chi connectivity index (χ1v) is 10.6. The maximum atomic E-state index is 13.3. The molecular formula is C21H25ClFN3O3S. The highest BCUT2D eigenvalue weighted by atomic mass is 35.5. The molecule has 1 aliphatic rings. The van der Waals surface area contributed by atoms with Crippen molar-refractivity contribution in [1.29, 1.82) is 0 Å². The zero-order valence-electron chi connectivity index (χ0n) is 16.6. The molecule has 9 heteroatoms. The van der Waals surface area contributed by atoms with Crippen LogP contribution in [0.1, 0.15) is 47.2 Å². The fourth-order valence-corrected chi connectivity index (χ4v) is 4.76. The molecule has 0 bridgehead atoms. The number of aliphatic hydroxyl groups is 1. The van der Waals surface area contributed by atoms with Gasteiger partial charge in [-0.3, -0.25) is 4.79 Å². The van der Waals surface area contributed by atoms with Crippen molar-refractivity contribution in [2.45, 2.75) is 38.3 Å². The molecule has 6 nitrogen and oxygen atoms in total. The molecule has 1 amide bonds. The molecular weight excluding hydrogens is 429 g/mol. The highest BCUT2D eigenvalue weighted by Gasteiger charge is 2.26. The van der Waals surface area contributed by atoms with Crippen LogP contribution in [0.25, 0.3) is 11.0 Å². The van der Waals surface area contributed by atoms with E-state index in [4.69, 9.17) is 4.52 Å². The van der Waals surface area contributed by atoms with Crippen LogP contribution in [0.3, 0.4) is 0 Å². The Bertz CT molecular complexity index is 1000. The summed E-state index contributed by atoms with van der Waals surface area (Å²) in [6.45, 7) is 4.29. The zero-order valence-corrected chi connectivity index (χ0v) is 18.3. The van der Waals surface area contributed by atoms with Crippen molar-refractivity contribution in [2.75, 3.05) is 19.6 Å². The molecule has 0 aliphatic carbocycles. The highest BCUT2D eigenvalue weighted by Crippen LogP contribution is 2.33. The number of likely N-dealkylation sites (tertiary alicyclic amines) is 1. The smallest absolute Gasteiger partial charge is 0.217 e. The van der Waals surface area contributed by atoms with Gasteiger partial charge in [-0.25, -0.2) is 4.39 Å². The largest absolute Gasteiger partial charge is 0.386 e. The SMILES string of the molecule is CC(=O)NCc1ccc(C(O)CN2CCC(c3noc4cc(F)ccc34)CC2)s1.Cl. The van der Waals surface area contributed by atoms with Crippen molar-refractivity contribution >= 4 is 40.6 Å². The molecule has 3 aromatic rings. The molecule has 30 heavy (non-hydrogen) atoms. The van der Waals surface area contributed by atoms with Crippen molar-refractivity contribution in [2.24, 2.45) is 0 Å². The Kier molecular flexibility index (Phi) is 7.46. The van der Waals surface area contributed by atoms with Crippen molar-refractivity contribution in [3.63, 3.8) is 0 Å². The minimum atomic E-state index is -0.543. The normalized spacial score (nSPS) is 16.4. The molecule has 1 saturated heterocycles. The molecule has 2 N–H and O–H groups in total. The van der Waals surface area contributed by atoms with Gasteiger partial charge in [0, 0.05) is 40.6 Å². The maximum absolute atomic E-state index is 13.3. The Morgan fingerprint density at radius 1 is 1.37 bits per heavy atom. The quantitative estimate of drug-likeness (QED) is 0.589. The molecule has 3 heterocycles. The van der Waals surface area contributed by atoms with Gasteiger partial charge in [-0.15, -0.1) is 23.7 Å². The van der Waals surface area contributed by atoms with Crippen LogP contribution in [-0.2, 0) is 11.3 Å². The number of thiophene rings is 1. The lowest BCUT2D eigenvalue weighted by Crippen LogP contribution is -2.36. The van der Waals surface area contributed by atoms with Gasteiger partial charge >= 0.3 is 0 Å². The first-order valence-electron chi connectivity index (χ1n) is 9.78. The lowest BCUT2D eigenvalue weighted by atomic mass is 9.91. The molecule has 0 saturated carbocycles. The minimum absolute atomic E-state index is 0. The number of benzene rings is 1. The van der Waals surface area contributed by atoms with Crippen LogP contribution in [0.4, 0.5) is 4.39 Å². The van der Waals surface area contributed by atoms with E-state index in [0.29, 0.717) is 18.7 Å². The number of carbonyl (C=O) groups excluding carboxylic acids is 1. The minimum Gasteiger partial charge on any atom is -0.386 e. The lowest BCUT2D eigenvalue weighted by Gasteiger charge is -2.32. The Hall–Kier alpha value is -2.00. The molecule has 1 fully saturated rings. The third-order valence-electron chi connectivity index (χ3n) is 5.39. The van der Waals surface area contributed by atoms with E-state index in [9.17, 15) is 14.3 Å². The summed E-state index contributed by atoms with van der Waals surface area (Å²) < 4.78 is 18.6. The van der Waals surface area contributed by atoms with Crippen molar-refractivity contribution in [1.82, 2.24) is 15.4 Å². The summed E-state index contributed by atoms with van der Waals surface area (Å²) >= 11 is 1.53. The Morgan fingerprint density at radius 2 is 2.13 bits per heavy atom. The number of β-amino-alcohol motifs (C(OH)–C–C–N with tert-alkyl or cyclic N) is 1. The fraction of sp³-hybridized carbons (Fsp3) is 0.429. The molecule has 1 atom stereocenters. The van der Waals surface area contributed by atoms with E-state index in [1.807, 2.05) is 12.1 Å². The number of rotatable bonds is 6. The number of halogens is 2. The molecule has 4 rings (SSSR count). The van der Waals surface area contributed by atoms with Gasteiger partial charge in [-0.2, -0.15) is 0 Å². The summed E-state index contributed by atoms with van der Waals surface area (Å²) in [7, 11) is 0. The monoisotopic (exact) mass is 453 g/mol. The highest BCUT2D eigenvalue weighted by molar-refractivity contribution is 7.12. The summed E-state index contributed by atoms with van der Waals surface area (Å²) in [6, 6.07) is 8.43. The van der Waals surface area contributed by atoms with E-state index in [0.717, 1.165) is 46.8 Å². The van der Waals surface area contributed by atoms with Crippen LogP contribution in [0.5, 0.6) is 0 Å². The van der Waals surface area contributed by atoms with Gasteiger partial charge in [-0.1, -0.05) is 5.16 Å². The summed E-state index contributed by atoms with van der Waals surface area (Å²) in [5.74, 6) is -0.104. The Morgan fingerprint density at radius 3 is 2.87 bits per heavy atom. The summed E-state index contributed by atoms with van der Waals surface area (Å²) in [5.41, 5.74) is 1.40. The van der Waals surface area contributed by atoms with Crippen molar-refractivity contribution in [3.05, 3.63) is 51.6 Å². The fourth-order valence-electron chi connectivity index (χ4n) is 3.83. The number of fused-ring (bicyclic) bond motifs is 1. The average molecular weight is 454 g/mol. The number of nitrogens with one attached hydrogen (secondary N) is 1. The summed E-state index contributed by atoms with van der Waals surface area (Å²) in [4.78, 5) is 15.2. The predicted octanol–water partition coefficient (Wildman–Crippen LogP) is 4.00. The molecule has 0 spiro atoms. The van der Waals surface area contributed by atoms with E-state index < -0.39 is 6.10 Å². The van der Waals surface area contributed by atoms with Crippen LogP contribution in [0, 0.1) is 5.82 Å². The van der Waals surface area contributed by atoms with Crippen LogP contribution < -0.4 is 5.32 Å². The summed E-state index contributed by atoms with van der Waals surface area (Å²) in [6.07, 6.45) is 1.30. The second-order valence-corrected chi connectivity index (χ2v) is 8.71. The van der Waals surface area contributed by atoms with Gasteiger partial charge in [0.15, 0.2) is 5.58 Å². The van der Waals surface area contributed by atoms with Gasteiger partial charge in [0.1, 0.15) is 11.9 Å². The van der Waals surface area contributed by atoms with E-state index in [1.165, 1.54) is 30.4 Å². The number of hydrogen-bond acceptors (Lipinski definition) is 6. The van der Waals surface area contributed by atoms with Crippen LogP contribution in [0.2, 0.25) is 0 Å². The van der Waals surface area contributed by atoms with E-state index in [1.54, 1.807) is 6.07 Å². The Balaban J connectivity index is 0.00000256. The molecule has 162 valence electrons. The Labute approximate surface area is 184 Å². The first kappa shape index (κ1) is 22.7. The maximum Gasteiger partial charge on any atom is 0.217 e. The number of hydrogen-bond donors (Lipinski definition) is 2. The number of aromatic nitrogens is 1. The number of amides is 1. The standard InChI is InChI=1S/C21H24FN3O3S.ClH/c1-13(26)23-11-16-3-5-20(29-16)18(27)12-25-8-6-14(7-9-25)21-17-4-2-15(22)10-19(17)28-24-21;/h2-5,10,14,18,27H,6-9,11-12H2,1H3,(H,23,26);1H. The third kappa shape index (κ3) is 5.18. The van der Waals surface area contributed by atoms with Gasteiger partial charge in [0.25, 0.3) is 0 Å². The third-order valence-corrected chi connectivity index (χ3v) is 6.58. The predicted molar refractivity (Wildman–Crippen MR) is 116 cm³/mol. The van der Waals surface area contributed by atoms with Gasteiger partial charge in [0.05, 0.1) is 12.2 Å². The lowest BCUT2D eigenvalue weighted by molar-refractivity contribution is -0.119. The van der Waals surface area contributed by atoms with E-state index in [2.05, 4.69) is 15.4 Å². The number of aliphatic hydroxyl groups excluding tert-OH is 1. The van der Waals surface area contributed by atoms with Crippen LogP contribution in [0.15, 0.2) is 34.9 Å². The van der Waals surface area contributed by atoms with Crippen molar-refractivity contribution in [3.8, 4) is 0 Å². The molecule has 1 aliphatic heterocycles. The molecule has 1 unspecified atom stereocenters. The molecule has 2 aromatic heterocycles. The van der Waals surface area contributed by atoms with Crippen LogP contribution in [-0.4, -0.2) is 40.7 Å². The number of piperidine rings is 1. The van der Waals surface area contributed by atoms with Gasteiger partial charge < -0.3 is 19.8 Å². The summed E-state index contributed by atoms with van der Waals surface area (Å²) in [5, 5.41) is 18.4. The van der Waals surface area contributed by atoms with Gasteiger partial charge in [0.2, 0.25) is 5.91 Å². The second-order valence-electron chi connectivity index (χ2n) is 7.51. The average Bonchev–Trinajstić information content (AvgIpc) is 3.34. The van der Waals surface area contributed by atoms with E-state index >= 15 is 0 Å². The van der Waals surface area contributed by atoms with Crippen molar-refractivity contribution < 1.29 is 18.8 Å². The zero-order chi connectivity index (χ0) is 20.4. The van der Waals surface area contributed by atoms with E-state index in [-0.39, 0.29) is 30.0 Å². The number of nitrogens with zero attached hydrogens (tertiary/aromatic N) is 2. The second kappa shape index (κ2) is 9.87. The molecule has 1 aromatic carbocycles. The number of carbonyl (C=O) groups is 1.